The Bertz CT molecular complexity index is 1560. The van der Waals surface area contributed by atoms with Gasteiger partial charge in [-0.05, 0) is 79.0 Å². The van der Waals surface area contributed by atoms with Crippen LogP contribution in [0.4, 0.5) is 13.2 Å². The quantitative estimate of drug-likeness (QED) is 0.474. The van der Waals surface area contributed by atoms with Crippen molar-refractivity contribution in [2.75, 3.05) is 6.54 Å². The maximum atomic E-state index is 13.2. The smallest absolute Gasteiger partial charge is 0.378 e. The number of allylic oxidation sites excluding steroid dienone is 2. The van der Waals surface area contributed by atoms with Crippen molar-refractivity contribution in [2.24, 2.45) is 0 Å². The van der Waals surface area contributed by atoms with Crippen LogP contribution >= 0.6 is 0 Å². The minimum absolute atomic E-state index is 0.0784. The molecule has 0 saturated heterocycles. The van der Waals surface area contributed by atoms with Gasteiger partial charge in [-0.2, -0.15) is 13.2 Å². The molecule has 1 saturated carbocycles. The molecule has 1 aliphatic heterocycles. The van der Waals surface area contributed by atoms with Gasteiger partial charge in [0.25, 0.3) is 11.5 Å². The number of benzene rings is 1. The van der Waals surface area contributed by atoms with E-state index in [-0.39, 0.29) is 24.2 Å². The largest absolute Gasteiger partial charge is 0.416 e. The Morgan fingerprint density at radius 1 is 1.12 bits per heavy atom. The van der Waals surface area contributed by atoms with Crippen molar-refractivity contribution >= 4 is 11.5 Å². The predicted molar refractivity (Wildman–Crippen MR) is 141 cm³/mol. The fourth-order valence-electron chi connectivity index (χ4n) is 5.81. The monoisotopic (exact) mass is 550 g/mol. The van der Waals surface area contributed by atoms with Crippen molar-refractivity contribution in [1.82, 2.24) is 19.9 Å². The first-order valence-electron chi connectivity index (χ1n) is 13.6. The van der Waals surface area contributed by atoms with Gasteiger partial charge >= 0.3 is 6.18 Å². The lowest BCUT2D eigenvalue weighted by Gasteiger charge is -2.30. The van der Waals surface area contributed by atoms with E-state index in [0.717, 1.165) is 61.4 Å². The summed E-state index contributed by atoms with van der Waals surface area (Å²) in [6.07, 6.45) is 6.09. The number of H-pyrrole nitrogens is 1. The number of aromatic nitrogens is 3. The van der Waals surface area contributed by atoms with Crippen molar-refractivity contribution in [3.8, 4) is 0 Å². The molecule has 2 aliphatic carbocycles. The standard InChI is InChI=1S/C30H29F3N4O3/c31-30(32,33)21-8-4-7-19(13-21)25(38)27(40)37-12-9-24-23(17-37)26(39)36-28(35-24)29(10-11-29)22-14-20(15-34-16-22)18-5-2-1-3-6-18/h4-5,7-8,13-16,25,38H,1-3,6,9-12,17H2,(H,35,36,39)/t25-/m1/s1. The van der Waals surface area contributed by atoms with E-state index >= 15 is 0 Å². The Hall–Kier alpha value is -3.79. The summed E-state index contributed by atoms with van der Waals surface area (Å²) < 4.78 is 39.3. The fraction of sp³-hybridized carbons (Fsp3) is 0.400. The van der Waals surface area contributed by atoms with Crippen molar-refractivity contribution in [2.45, 2.75) is 69.2 Å². The Morgan fingerprint density at radius 2 is 1.95 bits per heavy atom. The molecular weight excluding hydrogens is 521 g/mol. The van der Waals surface area contributed by atoms with Gasteiger partial charge in [-0.3, -0.25) is 14.6 Å². The third-order valence-corrected chi connectivity index (χ3v) is 8.30. The van der Waals surface area contributed by atoms with Gasteiger partial charge in [-0.15, -0.1) is 0 Å². The number of aliphatic hydroxyl groups is 1. The number of amides is 1. The summed E-state index contributed by atoms with van der Waals surface area (Å²) in [4.78, 5) is 39.8. The van der Waals surface area contributed by atoms with E-state index in [0.29, 0.717) is 23.5 Å². The van der Waals surface area contributed by atoms with Crippen LogP contribution in [0.25, 0.3) is 5.57 Å². The van der Waals surface area contributed by atoms with Crippen molar-refractivity contribution in [1.29, 1.82) is 0 Å². The number of halogens is 3. The van der Waals surface area contributed by atoms with Crippen LogP contribution in [0.3, 0.4) is 0 Å². The van der Waals surface area contributed by atoms with Gasteiger partial charge in [-0.1, -0.05) is 18.2 Å². The number of hydrogen-bond acceptors (Lipinski definition) is 5. The van der Waals surface area contributed by atoms with Crippen LogP contribution in [0.5, 0.6) is 0 Å². The lowest BCUT2D eigenvalue weighted by Crippen LogP contribution is -2.42. The molecular formula is C30H29F3N4O3. The number of hydrogen-bond donors (Lipinski definition) is 2. The molecule has 0 unspecified atom stereocenters. The molecule has 1 aromatic carbocycles. The van der Waals surface area contributed by atoms with Gasteiger partial charge < -0.3 is 15.0 Å². The van der Waals surface area contributed by atoms with E-state index in [4.69, 9.17) is 4.98 Å². The van der Waals surface area contributed by atoms with Gasteiger partial charge in [-0.25, -0.2) is 4.98 Å². The van der Waals surface area contributed by atoms with E-state index in [2.05, 4.69) is 22.1 Å². The Kier molecular flexibility index (Phi) is 6.60. The summed E-state index contributed by atoms with van der Waals surface area (Å²) in [6, 6.07) is 6.24. The van der Waals surface area contributed by atoms with E-state index in [1.165, 1.54) is 23.0 Å². The number of carbonyl (C=O) groups excluding carboxylic acids is 1. The first-order chi connectivity index (χ1) is 19.2. The predicted octanol–water partition coefficient (Wildman–Crippen LogP) is 4.84. The summed E-state index contributed by atoms with van der Waals surface area (Å²) >= 11 is 0. The summed E-state index contributed by atoms with van der Waals surface area (Å²) in [6.45, 7) is 0.112. The minimum Gasteiger partial charge on any atom is -0.378 e. The number of aromatic amines is 1. The molecule has 10 heteroatoms. The minimum atomic E-state index is -4.59. The lowest BCUT2D eigenvalue weighted by atomic mass is 9.90. The molecule has 3 aromatic rings. The average Bonchev–Trinajstić information content (AvgIpc) is 3.79. The highest BCUT2D eigenvalue weighted by Gasteiger charge is 2.49. The van der Waals surface area contributed by atoms with Crippen molar-refractivity contribution < 1.29 is 23.1 Å². The lowest BCUT2D eigenvalue weighted by molar-refractivity contribution is -0.142. The molecule has 0 bridgehead atoms. The summed E-state index contributed by atoms with van der Waals surface area (Å²) in [5.74, 6) is -0.163. The number of pyridine rings is 1. The van der Waals surface area contributed by atoms with Gasteiger partial charge in [0.05, 0.1) is 28.8 Å². The first-order valence-corrected chi connectivity index (χ1v) is 13.6. The number of alkyl halides is 3. The van der Waals surface area contributed by atoms with E-state index in [1.54, 1.807) is 0 Å². The molecule has 40 heavy (non-hydrogen) atoms. The maximum absolute atomic E-state index is 13.2. The highest BCUT2D eigenvalue weighted by atomic mass is 19.4. The number of fused-ring (bicyclic) bond motifs is 1. The van der Waals surface area contributed by atoms with Crippen LogP contribution < -0.4 is 5.56 Å². The number of rotatable bonds is 5. The van der Waals surface area contributed by atoms with Crippen molar-refractivity contribution in [3.63, 3.8) is 0 Å². The molecule has 1 atom stereocenters. The van der Waals surface area contributed by atoms with Crippen LogP contribution in [-0.4, -0.2) is 37.4 Å². The molecule has 3 heterocycles. The molecule has 1 fully saturated rings. The maximum Gasteiger partial charge on any atom is 0.416 e. The van der Waals surface area contributed by atoms with Crippen LogP contribution in [0, 0.1) is 0 Å². The molecule has 0 radical (unpaired) electrons. The highest BCUT2D eigenvalue weighted by molar-refractivity contribution is 5.82. The first kappa shape index (κ1) is 26.4. The SMILES string of the molecule is O=C([C@H](O)c1cccc(C(F)(F)F)c1)N1CCc2nc(C3(c4cncc(C5=CCCCC5)c4)CC3)[nH]c(=O)c2C1. The molecule has 1 amide bonds. The zero-order valence-electron chi connectivity index (χ0n) is 21.8. The summed E-state index contributed by atoms with van der Waals surface area (Å²) in [5, 5.41) is 10.6. The van der Waals surface area contributed by atoms with E-state index in [9.17, 15) is 27.9 Å². The number of aliphatic hydroxyl groups excluding tert-OH is 1. The Balaban J connectivity index is 1.23. The Morgan fingerprint density at radius 3 is 2.67 bits per heavy atom. The topological polar surface area (TPSA) is 99.2 Å². The number of nitrogens with zero attached hydrogens (tertiary/aromatic N) is 3. The fourth-order valence-corrected chi connectivity index (χ4v) is 5.81. The molecule has 208 valence electrons. The van der Waals surface area contributed by atoms with Gasteiger partial charge in [0.1, 0.15) is 5.82 Å². The van der Waals surface area contributed by atoms with E-state index in [1.807, 2.05) is 12.4 Å². The zero-order chi connectivity index (χ0) is 28.1. The second kappa shape index (κ2) is 9.99. The molecule has 0 spiro atoms. The van der Waals surface area contributed by atoms with Gasteiger partial charge in [0, 0.05) is 25.4 Å². The second-order valence-electron chi connectivity index (χ2n) is 10.9. The van der Waals surface area contributed by atoms with Crippen LogP contribution in [0.1, 0.15) is 84.0 Å². The third kappa shape index (κ3) is 4.85. The van der Waals surface area contributed by atoms with Crippen molar-refractivity contribution in [3.05, 3.63) is 98.5 Å². The average molecular weight is 551 g/mol. The van der Waals surface area contributed by atoms with Crippen LogP contribution in [-0.2, 0) is 29.4 Å². The molecule has 2 N–H and O–H groups in total. The normalized spacial score (nSPS) is 19.0. The van der Waals surface area contributed by atoms with Crippen LogP contribution in [0.15, 0.2) is 53.6 Å². The summed E-state index contributed by atoms with van der Waals surface area (Å²) in [7, 11) is 0. The third-order valence-electron chi connectivity index (χ3n) is 8.30. The molecule has 3 aliphatic rings. The molecule has 6 rings (SSSR count). The number of carbonyl (C=O) groups is 1. The zero-order valence-corrected chi connectivity index (χ0v) is 21.8. The van der Waals surface area contributed by atoms with Crippen LogP contribution in [0.2, 0.25) is 0 Å². The molecule has 2 aromatic heterocycles. The highest BCUT2D eigenvalue weighted by Crippen LogP contribution is 2.52. The number of nitrogens with one attached hydrogen (secondary N) is 1. The Labute approximate surface area is 228 Å². The van der Waals surface area contributed by atoms with E-state index < -0.39 is 29.2 Å². The summed E-state index contributed by atoms with van der Waals surface area (Å²) in [5.41, 5.74) is 2.52. The second-order valence-corrected chi connectivity index (χ2v) is 10.9. The van der Waals surface area contributed by atoms with Gasteiger partial charge in [0.15, 0.2) is 6.10 Å². The van der Waals surface area contributed by atoms with Gasteiger partial charge in [0.2, 0.25) is 0 Å². The molecule has 7 nitrogen and oxygen atoms in total.